The van der Waals surface area contributed by atoms with Crippen LogP contribution >= 0.6 is 0 Å². The molecule has 2 N–H and O–H groups in total. The number of rotatable bonds is 12. The monoisotopic (exact) mass is 674 g/mol. The van der Waals surface area contributed by atoms with Crippen molar-refractivity contribution in [3.05, 3.63) is 59.0 Å². The number of carbonyl (C=O) groups excluding carboxylic acids is 1. The van der Waals surface area contributed by atoms with Gasteiger partial charge in [-0.15, -0.1) is 0 Å². The minimum absolute atomic E-state index is 0.0438. The normalized spacial score (nSPS) is 13.7. The first-order valence-corrected chi connectivity index (χ1v) is 16.8. The zero-order valence-corrected chi connectivity index (χ0v) is 28.0. The number of benzene rings is 2. The second-order valence-electron chi connectivity index (χ2n) is 10.6. The van der Waals surface area contributed by atoms with Gasteiger partial charge in [0.05, 0.1) is 30.4 Å². The summed E-state index contributed by atoms with van der Waals surface area (Å²) in [5.41, 5.74) is 0.681. The highest BCUT2D eigenvalue weighted by atomic mass is 32.2. The van der Waals surface area contributed by atoms with E-state index in [-0.39, 0.29) is 28.1 Å². The summed E-state index contributed by atoms with van der Waals surface area (Å²) in [6.45, 7) is 8.80. The molecular weight excluding hydrogens is 632 g/mol. The third-order valence-electron chi connectivity index (χ3n) is 7.65. The Hall–Kier alpha value is -4.63. The van der Waals surface area contributed by atoms with Crippen LogP contribution in [-0.4, -0.2) is 76.8 Å². The maximum absolute atomic E-state index is 14.2. The number of aliphatic carboxylic acids is 2. The van der Waals surface area contributed by atoms with Crippen molar-refractivity contribution in [3.63, 3.8) is 0 Å². The first-order valence-electron chi connectivity index (χ1n) is 15.3. The van der Waals surface area contributed by atoms with Crippen molar-refractivity contribution in [1.82, 2.24) is 13.5 Å². The van der Waals surface area contributed by atoms with Crippen LogP contribution in [0.25, 0.3) is 11.0 Å². The topological polar surface area (TPSA) is 178 Å². The van der Waals surface area contributed by atoms with Crippen LogP contribution in [-0.2, 0) is 24.4 Å². The van der Waals surface area contributed by atoms with E-state index >= 15 is 0 Å². The maximum atomic E-state index is 14.2. The number of carboxylic acids is 2. The number of ether oxygens (including phenoxy) is 2. The van der Waals surface area contributed by atoms with Gasteiger partial charge in [-0.1, -0.05) is 33.1 Å². The van der Waals surface area contributed by atoms with Crippen molar-refractivity contribution in [2.75, 3.05) is 31.8 Å². The lowest BCUT2D eigenvalue weighted by Gasteiger charge is -2.32. The average Bonchev–Trinajstić information content (AvgIpc) is 3.34. The standard InChI is InChI=1S/C28H38N4O6S.C4H4O4/c1-6-29(7-2)31(20(4)33)22-14-17-27(26(18-22)37-5)39(35,36)32-24-16-15-23(38-8-3)19-25(24)30(28(32)34)21-12-10-9-11-13-21;5-3(6)1-2-4(7)8/h14-19,21H,6-13H2,1-5H3;1-2H,(H,5,6)(H,7,8). The van der Waals surface area contributed by atoms with Crippen LogP contribution in [0, 0.1) is 0 Å². The molecule has 1 aromatic heterocycles. The average molecular weight is 675 g/mol. The highest BCUT2D eigenvalue weighted by molar-refractivity contribution is 7.90. The summed E-state index contributed by atoms with van der Waals surface area (Å²) in [5, 5.41) is 19.0. The van der Waals surface area contributed by atoms with Crippen LogP contribution < -0.4 is 20.2 Å². The smallest absolute Gasteiger partial charge is 0.343 e. The fourth-order valence-electron chi connectivity index (χ4n) is 5.65. The van der Waals surface area contributed by atoms with Crippen LogP contribution in [0.3, 0.4) is 0 Å². The van der Waals surface area contributed by atoms with Gasteiger partial charge in [-0.2, -0.15) is 3.97 Å². The Morgan fingerprint density at radius 2 is 1.55 bits per heavy atom. The third-order valence-corrected chi connectivity index (χ3v) is 9.37. The summed E-state index contributed by atoms with van der Waals surface area (Å²) in [6, 6.07) is 9.43. The van der Waals surface area contributed by atoms with Gasteiger partial charge in [0.2, 0.25) is 5.91 Å². The van der Waals surface area contributed by atoms with Gasteiger partial charge in [-0.3, -0.25) is 9.36 Å². The van der Waals surface area contributed by atoms with Crippen molar-refractivity contribution in [2.24, 2.45) is 0 Å². The molecule has 0 atom stereocenters. The maximum Gasteiger partial charge on any atom is 0.343 e. The molecule has 0 spiro atoms. The lowest BCUT2D eigenvalue weighted by Crippen LogP contribution is -2.45. The molecule has 1 aliphatic carbocycles. The van der Waals surface area contributed by atoms with Gasteiger partial charge in [0.25, 0.3) is 10.0 Å². The Bertz CT molecular complexity index is 1770. The summed E-state index contributed by atoms with van der Waals surface area (Å²) in [6.07, 6.45) is 5.79. The number of hydrogen-bond donors (Lipinski definition) is 2. The number of fused-ring (bicyclic) bond motifs is 1. The minimum atomic E-state index is -4.38. The van der Waals surface area contributed by atoms with E-state index in [1.807, 2.05) is 25.8 Å². The molecular formula is C32H42N4O10S. The molecule has 15 heteroatoms. The quantitative estimate of drug-likeness (QED) is 0.207. The van der Waals surface area contributed by atoms with E-state index in [0.717, 1.165) is 36.1 Å². The Morgan fingerprint density at radius 3 is 2.06 bits per heavy atom. The van der Waals surface area contributed by atoms with E-state index in [1.54, 1.807) is 28.8 Å². The van der Waals surface area contributed by atoms with Crippen LogP contribution in [0.1, 0.15) is 65.8 Å². The number of nitrogens with zero attached hydrogens (tertiary/aromatic N) is 4. The van der Waals surface area contributed by atoms with E-state index in [0.29, 0.717) is 48.8 Å². The molecule has 1 heterocycles. The molecule has 1 aliphatic rings. The van der Waals surface area contributed by atoms with Gasteiger partial charge >= 0.3 is 17.6 Å². The first kappa shape index (κ1) is 36.8. The van der Waals surface area contributed by atoms with Crippen molar-refractivity contribution in [2.45, 2.75) is 70.7 Å². The number of hydrogen-bond acceptors (Lipinski definition) is 9. The molecule has 47 heavy (non-hydrogen) atoms. The second-order valence-corrected chi connectivity index (χ2v) is 12.4. The van der Waals surface area contributed by atoms with E-state index in [9.17, 15) is 27.6 Å². The molecule has 1 amide bonds. The zero-order valence-electron chi connectivity index (χ0n) is 27.2. The highest BCUT2D eigenvalue weighted by Crippen LogP contribution is 2.35. The predicted molar refractivity (Wildman–Crippen MR) is 176 cm³/mol. The number of aromatic nitrogens is 2. The number of anilines is 1. The molecule has 0 radical (unpaired) electrons. The summed E-state index contributed by atoms with van der Waals surface area (Å²) in [4.78, 5) is 45.4. The number of carbonyl (C=O) groups is 3. The van der Waals surface area contributed by atoms with Crippen molar-refractivity contribution < 1.29 is 42.5 Å². The lowest BCUT2D eigenvalue weighted by molar-refractivity contribution is -0.134. The third kappa shape index (κ3) is 8.40. The Balaban J connectivity index is 0.000000665. The van der Waals surface area contributed by atoms with Crippen molar-refractivity contribution in [3.8, 4) is 11.5 Å². The van der Waals surface area contributed by atoms with Gasteiger partial charge in [0.15, 0.2) is 0 Å². The summed E-state index contributed by atoms with van der Waals surface area (Å²) in [7, 11) is -3.00. The van der Waals surface area contributed by atoms with Gasteiger partial charge in [-0.05, 0) is 44.0 Å². The lowest BCUT2D eigenvalue weighted by atomic mass is 9.95. The molecule has 3 aromatic rings. The first-order chi connectivity index (χ1) is 22.3. The number of methoxy groups -OCH3 is 1. The molecule has 2 aromatic carbocycles. The minimum Gasteiger partial charge on any atom is -0.495 e. The van der Waals surface area contributed by atoms with E-state index < -0.39 is 27.7 Å². The van der Waals surface area contributed by atoms with Gasteiger partial charge < -0.3 is 19.7 Å². The molecule has 4 rings (SSSR count). The Kier molecular flexibility index (Phi) is 12.8. The molecule has 0 unspecified atom stereocenters. The van der Waals surface area contributed by atoms with Gasteiger partial charge in [0.1, 0.15) is 16.4 Å². The largest absolute Gasteiger partial charge is 0.495 e. The summed E-state index contributed by atoms with van der Waals surface area (Å²) < 4.78 is 42.0. The van der Waals surface area contributed by atoms with E-state index in [2.05, 4.69) is 0 Å². The van der Waals surface area contributed by atoms with Gasteiger partial charge in [0, 0.05) is 50.3 Å². The molecule has 1 fully saturated rings. The predicted octanol–water partition coefficient (Wildman–Crippen LogP) is 4.27. The summed E-state index contributed by atoms with van der Waals surface area (Å²) >= 11 is 0. The number of imidazole rings is 1. The van der Waals surface area contributed by atoms with Crippen LogP contribution in [0.15, 0.2) is 58.2 Å². The molecule has 256 valence electrons. The van der Waals surface area contributed by atoms with Crippen molar-refractivity contribution in [1.29, 1.82) is 0 Å². The molecule has 0 bridgehead atoms. The number of amides is 1. The Labute approximate surface area is 273 Å². The highest BCUT2D eigenvalue weighted by Gasteiger charge is 2.32. The van der Waals surface area contributed by atoms with Crippen LogP contribution in [0.4, 0.5) is 5.69 Å². The fourth-order valence-corrected chi connectivity index (χ4v) is 7.19. The van der Waals surface area contributed by atoms with Crippen molar-refractivity contribution >= 4 is 44.6 Å². The SMILES string of the molecule is CCOc1ccc2c(c1)n(C1CCCCC1)c(=O)n2S(=O)(=O)c1ccc(N(C(C)=O)N(CC)CC)cc1OC.O=C(O)C=CC(=O)O. The molecule has 14 nitrogen and oxygen atoms in total. The molecule has 0 saturated heterocycles. The summed E-state index contributed by atoms with van der Waals surface area (Å²) in [5.74, 6) is -2.11. The fraction of sp³-hybridized carbons (Fsp3) is 0.438. The van der Waals surface area contributed by atoms with Crippen LogP contribution in [0.2, 0.25) is 0 Å². The second kappa shape index (κ2) is 16.3. The number of hydrazine groups is 1. The molecule has 0 aliphatic heterocycles. The Morgan fingerprint density at radius 1 is 0.936 bits per heavy atom. The van der Waals surface area contributed by atoms with Gasteiger partial charge in [-0.25, -0.2) is 32.8 Å². The molecule has 1 saturated carbocycles. The zero-order chi connectivity index (χ0) is 34.9. The number of carboxylic acid groups (broad SMARTS) is 2. The van der Waals surface area contributed by atoms with Crippen LogP contribution in [0.5, 0.6) is 11.5 Å². The van der Waals surface area contributed by atoms with E-state index in [1.165, 1.54) is 31.2 Å². The van der Waals surface area contributed by atoms with E-state index in [4.69, 9.17) is 19.7 Å².